The van der Waals surface area contributed by atoms with Crippen molar-refractivity contribution in [3.8, 4) is 12.3 Å². The van der Waals surface area contributed by atoms with Crippen LogP contribution in [0, 0.1) is 12.3 Å². The summed E-state index contributed by atoms with van der Waals surface area (Å²) < 4.78 is 0. The third-order valence-corrected chi connectivity index (χ3v) is 3.38. The van der Waals surface area contributed by atoms with Crippen molar-refractivity contribution in [3.63, 3.8) is 0 Å². The summed E-state index contributed by atoms with van der Waals surface area (Å²) in [6.07, 6.45) is 13.1. The lowest BCUT2D eigenvalue weighted by Crippen LogP contribution is -1.88. The van der Waals surface area contributed by atoms with Gasteiger partial charge in [0.1, 0.15) is 0 Å². The van der Waals surface area contributed by atoms with Crippen LogP contribution in [0.5, 0.6) is 0 Å². The first-order chi connectivity index (χ1) is 8.04. The predicted octanol–water partition coefficient (Wildman–Crippen LogP) is 5.46. The molecule has 0 rings (SSSR count). The van der Waals surface area contributed by atoms with Gasteiger partial charge in [-0.25, -0.2) is 0 Å². The molecule has 0 aliphatic heterocycles. The maximum Gasteiger partial charge on any atom is -0.00593 e. The second-order valence-corrected chi connectivity index (χ2v) is 5.37. The molecule has 0 fully saturated rings. The van der Waals surface area contributed by atoms with Crippen LogP contribution >= 0.6 is 11.8 Å². The van der Waals surface area contributed by atoms with E-state index in [0.717, 1.165) is 17.7 Å². The lowest BCUT2D eigenvalue weighted by molar-refractivity contribution is 0.994. The standard InChI is InChI=1S/C16H22S/c1-7-10-11-15(8-2)12-16(9-3)14(6)17-13(4)5/h1,8,10-11H,4,9,12H2,2-3,5-6H3/b11-10-,15-8+,16-14-. The van der Waals surface area contributed by atoms with Crippen molar-refractivity contribution < 1.29 is 0 Å². The van der Waals surface area contributed by atoms with Crippen LogP contribution in [0.4, 0.5) is 0 Å². The highest BCUT2D eigenvalue weighted by Crippen LogP contribution is 2.30. The molecule has 0 aromatic heterocycles. The zero-order valence-electron chi connectivity index (χ0n) is 11.3. The van der Waals surface area contributed by atoms with Crippen molar-refractivity contribution in [2.75, 3.05) is 0 Å². The molecule has 0 nitrogen and oxygen atoms in total. The van der Waals surface area contributed by atoms with Crippen molar-refractivity contribution >= 4 is 11.8 Å². The van der Waals surface area contributed by atoms with E-state index in [-0.39, 0.29) is 0 Å². The van der Waals surface area contributed by atoms with Crippen LogP contribution in [0.1, 0.15) is 40.5 Å². The van der Waals surface area contributed by atoms with Gasteiger partial charge in [-0.15, -0.1) is 18.2 Å². The minimum Gasteiger partial charge on any atom is -0.115 e. The minimum atomic E-state index is 0.970. The van der Waals surface area contributed by atoms with E-state index >= 15 is 0 Å². The van der Waals surface area contributed by atoms with Gasteiger partial charge in [0.25, 0.3) is 0 Å². The third-order valence-electron chi connectivity index (χ3n) is 2.43. The SMILES string of the molecule is C#C/C=C\C(=C/C)C/C(CC)=C(/C)SC(=C)C. The number of hydrogen-bond acceptors (Lipinski definition) is 1. The molecule has 0 unspecified atom stereocenters. The van der Waals surface area contributed by atoms with E-state index < -0.39 is 0 Å². The molecular weight excluding hydrogens is 224 g/mol. The van der Waals surface area contributed by atoms with Crippen LogP contribution < -0.4 is 0 Å². The zero-order valence-corrected chi connectivity index (χ0v) is 12.2. The largest absolute Gasteiger partial charge is 0.115 e. The second-order valence-electron chi connectivity index (χ2n) is 3.86. The monoisotopic (exact) mass is 246 g/mol. The quantitative estimate of drug-likeness (QED) is 0.443. The van der Waals surface area contributed by atoms with Crippen LogP contribution in [-0.2, 0) is 0 Å². The van der Waals surface area contributed by atoms with E-state index in [2.05, 4.69) is 32.4 Å². The van der Waals surface area contributed by atoms with E-state index in [1.807, 2.05) is 19.9 Å². The molecule has 0 aromatic carbocycles. The molecule has 0 radical (unpaired) electrons. The first-order valence-electron chi connectivity index (χ1n) is 5.84. The molecule has 1 heteroatoms. The maximum absolute atomic E-state index is 5.23. The molecule has 0 heterocycles. The Labute approximate surface area is 111 Å². The summed E-state index contributed by atoms with van der Waals surface area (Å²) in [5, 5.41) is 0. The van der Waals surface area contributed by atoms with Gasteiger partial charge in [0, 0.05) is 0 Å². The first kappa shape index (κ1) is 15.9. The van der Waals surface area contributed by atoms with Gasteiger partial charge in [-0.2, -0.15) is 0 Å². The number of allylic oxidation sites excluding steroid dienone is 7. The Balaban J connectivity index is 4.86. The Morgan fingerprint density at radius 2 is 2.06 bits per heavy atom. The average molecular weight is 246 g/mol. The topological polar surface area (TPSA) is 0 Å². The second kappa shape index (κ2) is 8.96. The smallest absolute Gasteiger partial charge is 0.00593 e. The Morgan fingerprint density at radius 3 is 2.47 bits per heavy atom. The molecule has 0 saturated carbocycles. The van der Waals surface area contributed by atoms with Crippen LogP contribution in [0.3, 0.4) is 0 Å². The molecule has 17 heavy (non-hydrogen) atoms. The molecule has 92 valence electrons. The summed E-state index contributed by atoms with van der Waals surface area (Å²) in [4.78, 5) is 2.49. The molecule has 0 amide bonds. The van der Waals surface area contributed by atoms with Crippen LogP contribution in [0.15, 0.2) is 45.8 Å². The lowest BCUT2D eigenvalue weighted by Gasteiger charge is -2.10. The van der Waals surface area contributed by atoms with Crippen molar-refractivity contribution in [2.45, 2.75) is 40.5 Å². The van der Waals surface area contributed by atoms with Crippen molar-refractivity contribution in [1.82, 2.24) is 0 Å². The normalized spacial score (nSPS) is 13.5. The third kappa shape index (κ3) is 6.92. The summed E-state index contributed by atoms with van der Waals surface area (Å²) in [5.41, 5.74) is 2.72. The molecule has 0 saturated heterocycles. The predicted molar refractivity (Wildman–Crippen MR) is 81.7 cm³/mol. The van der Waals surface area contributed by atoms with Crippen molar-refractivity contribution in [2.24, 2.45) is 0 Å². The highest BCUT2D eigenvalue weighted by Gasteiger charge is 2.03. The van der Waals surface area contributed by atoms with E-state index in [9.17, 15) is 0 Å². The summed E-state index contributed by atoms with van der Waals surface area (Å²) in [7, 11) is 0. The Hall–Kier alpha value is -1.13. The molecule has 0 aromatic rings. The first-order valence-corrected chi connectivity index (χ1v) is 6.66. The summed E-state index contributed by atoms with van der Waals surface area (Å²) in [5.74, 6) is 2.53. The average Bonchev–Trinajstić information content (AvgIpc) is 2.28. The van der Waals surface area contributed by atoms with E-state index in [1.54, 1.807) is 17.8 Å². The Morgan fingerprint density at radius 1 is 1.41 bits per heavy atom. The Kier molecular flexibility index (Phi) is 8.36. The van der Waals surface area contributed by atoms with Crippen LogP contribution in [-0.4, -0.2) is 0 Å². The van der Waals surface area contributed by atoms with E-state index in [0.29, 0.717) is 0 Å². The van der Waals surface area contributed by atoms with Gasteiger partial charge in [-0.3, -0.25) is 0 Å². The number of thioether (sulfide) groups is 1. The number of hydrogen-bond donors (Lipinski definition) is 0. The molecule has 0 bridgehead atoms. The van der Waals surface area contributed by atoms with E-state index in [4.69, 9.17) is 6.42 Å². The summed E-state index contributed by atoms with van der Waals surface area (Å²) >= 11 is 1.76. The molecular formula is C16H22S. The van der Waals surface area contributed by atoms with Gasteiger partial charge in [-0.05, 0) is 55.1 Å². The van der Waals surface area contributed by atoms with Gasteiger partial charge < -0.3 is 0 Å². The number of terminal acetylenes is 1. The van der Waals surface area contributed by atoms with Crippen molar-refractivity contribution in [3.05, 3.63) is 45.8 Å². The van der Waals surface area contributed by atoms with Gasteiger partial charge in [-0.1, -0.05) is 37.1 Å². The van der Waals surface area contributed by atoms with Crippen LogP contribution in [0.2, 0.25) is 0 Å². The zero-order chi connectivity index (χ0) is 13.3. The summed E-state index contributed by atoms with van der Waals surface area (Å²) in [6, 6.07) is 0. The Bertz CT molecular complexity index is 386. The van der Waals surface area contributed by atoms with Gasteiger partial charge in [0.05, 0.1) is 0 Å². The fraction of sp³-hybridized carbons (Fsp3) is 0.375. The number of rotatable bonds is 6. The maximum atomic E-state index is 5.23. The highest BCUT2D eigenvalue weighted by atomic mass is 32.2. The minimum absolute atomic E-state index is 0.970. The van der Waals surface area contributed by atoms with Gasteiger partial charge >= 0.3 is 0 Å². The van der Waals surface area contributed by atoms with Crippen molar-refractivity contribution in [1.29, 1.82) is 0 Å². The summed E-state index contributed by atoms with van der Waals surface area (Å²) in [6.45, 7) is 12.4. The molecule has 0 aliphatic carbocycles. The van der Waals surface area contributed by atoms with E-state index in [1.165, 1.54) is 16.1 Å². The van der Waals surface area contributed by atoms with Crippen LogP contribution in [0.25, 0.3) is 0 Å². The van der Waals surface area contributed by atoms with Gasteiger partial charge in [0.15, 0.2) is 0 Å². The fourth-order valence-electron chi connectivity index (χ4n) is 1.49. The molecule has 0 atom stereocenters. The lowest BCUT2D eigenvalue weighted by atomic mass is 10.0. The molecule has 0 N–H and O–H groups in total. The molecule has 0 aliphatic rings. The van der Waals surface area contributed by atoms with Gasteiger partial charge in [0.2, 0.25) is 0 Å². The highest BCUT2D eigenvalue weighted by molar-refractivity contribution is 8.06. The fourth-order valence-corrected chi connectivity index (χ4v) is 2.37. The molecule has 0 spiro atoms.